The molecular formula is C16H18F2N4O2. The largest absolute Gasteiger partial charge is 0.365 e. The van der Waals surface area contributed by atoms with E-state index < -0.39 is 12.0 Å². The van der Waals surface area contributed by atoms with Crippen LogP contribution in [0.15, 0.2) is 18.3 Å². The number of ether oxygens (including phenoxy) is 1. The number of hydrogen-bond acceptors (Lipinski definition) is 5. The van der Waals surface area contributed by atoms with Crippen molar-refractivity contribution < 1.29 is 18.3 Å². The van der Waals surface area contributed by atoms with E-state index in [4.69, 9.17) is 10.00 Å². The Morgan fingerprint density at radius 1 is 1.38 bits per heavy atom. The average Bonchev–Trinajstić information content (AvgIpc) is 2.61. The number of anilines is 1. The molecule has 1 atom stereocenters. The van der Waals surface area contributed by atoms with E-state index in [1.807, 2.05) is 11.0 Å². The molecule has 2 aliphatic heterocycles. The summed E-state index contributed by atoms with van der Waals surface area (Å²) in [6.07, 6.45) is 0.211. The molecule has 24 heavy (non-hydrogen) atoms. The van der Waals surface area contributed by atoms with E-state index in [0.29, 0.717) is 24.5 Å². The third kappa shape index (κ3) is 3.46. The molecule has 0 aliphatic carbocycles. The highest BCUT2D eigenvalue weighted by atomic mass is 19.3. The van der Waals surface area contributed by atoms with E-state index >= 15 is 0 Å². The van der Waals surface area contributed by atoms with Crippen molar-refractivity contribution >= 4 is 11.6 Å². The Morgan fingerprint density at radius 3 is 2.83 bits per heavy atom. The highest BCUT2D eigenvalue weighted by Gasteiger charge is 2.38. The van der Waals surface area contributed by atoms with Crippen LogP contribution < -0.4 is 4.90 Å². The maximum absolute atomic E-state index is 13.2. The second kappa shape index (κ2) is 6.69. The first-order valence-corrected chi connectivity index (χ1v) is 7.88. The van der Waals surface area contributed by atoms with Gasteiger partial charge in [0.05, 0.1) is 18.8 Å². The zero-order valence-corrected chi connectivity index (χ0v) is 13.1. The zero-order valence-electron chi connectivity index (χ0n) is 13.1. The van der Waals surface area contributed by atoms with E-state index in [9.17, 15) is 13.6 Å². The predicted molar refractivity (Wildman–Crippen MR) is 81.7 cm³/mol. The normalized spacial score (nSPS) is 23.6. The van der Waals surface area contributed by atoms with Gasteiger partial charge in [0.1, 0.15) is 6.07 Å². The standard InChI is InChI=1S/C16H18F2N4O2/c17-16(18)3-6-21(7-4-16)15(23)14-11-22(8-9-24-14)13-2-1-5-20-12(13)10-19/h1-2,5,14H,3-4,6-9,11H2. The fraction of sp³-hybridized carbons (Fsp3) is 0.562. The molecule has 0 N–H and O–H groups in total. The number of amides is 1. The van der Waals surface area contributed by atoms with Crippen molar-refractivity contribution in [3.8, 4) is 6.07 Å². The van der Waals surface area contributed by atoms with Crippen molar-refractivity contribution in [2.45, 2.75) is 24.9 Å². The fourth-order valence-electron chi connectivity index (χ4n) is 3.01. The van der Waals surface area contributed by atoms with Gasteiger partial charge in [0.2, 0.25) is 0 Å². The summed E-state index contributed by atoms with van der Waals surface area (Å²) in [5, 5.41) is 9.16. The third-order valence-electron chi connectivity index (χ3n) is 4.38. The van der Waals surface area contributed by atoms with Gasteiger partial charge in [-0.1, -0.05) is 0 Å². The third-order valence-corrected chi connectivity index (χ3v) is 4.38. The lowest BCUT2D eigenvalue weighted by atomic mass is 10.1. The molecule has 0 spiro atoms. The van der Waals surface area contributed by atoms with Gasteiger partial charge in [-0.3, -0.25) is 4.79 Å². The number of piperidine rings is 1. The predicted octanol–water partition coefficient (Wildman–Crippen LogP) is 1.42. The van der Waals surface area contributed by atoms with Crippen LogP contribution in [0.5, 0.6) is 0 Å². The molecule has 3 heterocycles. The van der Waals surface area contributed by atoms with Crippen molar-refractivity contribution in [3.05, 3.63) is 24.0 Å². The first-order valence-electron chi connectivity index (χ1n) is 7.88. The van der Waals surface area contributed by atoms with Crippen molar-refractivity contribution in [1.29, 1.82) is 5.26 Å². The lowest BCUT2D eigenvalue weighted by Gasteiger charge is -2.38. The van der Waals surface area contributed by atoms with Gasteiger partial charge >= 0.3 is 0 Å². The van der Waals surface area contributed by atoms with Gasteiger partial charge in [0.25, 0.3) is 11.8 Å². The lowest BCUT2D eigenvalue weighted by Crippen LogP contribution is -2.53. The van der Waals surface area contributed by atoms with Crippen LogP contribution in [-0.2, 0) is 9.53 Å². The molecule has 0 saturated carbocycles. The Morgan fingerprint density at radius 2 is 2.12 bits per heavy atom. The number of pyridine rings is 1. The average molecular weight is 336 g/mol. The summed E-state index contributed by atoms with van der Waals surface area (Å²) in [6, 6.07) is 5.55. The number of morpholine rings is 1. The zero-order chi connectivity index (χ0) is 17.2. The molecule has 2 saturated heterocycles. The van der Waals surface area contributed by atoms with Crippen LogP contribution in [0.25, 0.3) is 0 Å². The molecule has 0 radical (unpaired) electrons. The molecule has 0 bridgehead atoms. The van der Waals surface area contributed by atoms with Crippen LogP contribution in [0.1, 0.15) is 18.5 Å². The Labute approximate surface area is 138 Å². The summed E-state index contributed by atoms with van der Waals surface area (Å²) < 4.78 is 32.0. The first kappa shape index (κ1) is 16.6. The molecule has 0 aromatic carbocycles. The van der Waals surface area contributed by atoms with E-state index in [0.717, 1.165) is 0 Å². The van der Waals surface area contributed by atoms with Crippen LogP contribution in [0.3, 0.4) is 0 Å². The Hall–Kier alpha value is -2.27. The van der Waals surface area contributed by atoms with Gasteiger partial charge in [-0.2, -0.15) is 5.26 Å². The molecule has 1 aromatic rings. The molecule has 1 aromatic heterocycles. The molecule has 2 aliphatic rings. The highest BCUT2D eigenvalue weighted by molar-refractivity contribution is 5.82. The van der Waals surface area contributed by atoms with E-state index in [2.05, 4.69) is 4.98 Å². The summed E-state index contributed by atoms with van der Waals surface area (Å²) in [5.74, 6) is -2.95. The van der Waals surface area contributed by atoms with Gasteiger partial charge in [-0.25, -0.2) is 13.8 Å². The molecule has 1 amide bonds. The fourth-order valence-corrected chi connectivity index (χ4v) is 3.01. The number of likely N-dealkylation sites (tertiary alicyclic amines) is 1. The Kier molecular flexibility index (Phi) is 4.62. The van der Waals surface area contributed by atoms with Crippen molar-refractivity contribution in [1.82, 2.24) is 9.88 Å². The molecule has 1 unspecified atom stereocenters. The summed E-state index contributed by atoms with van der Waals surface area (Å²) in [7, 11) is 0. The Balaban J connectivity index is 1.67. The van der Waals surface area contributed by atoms with E-state index in [-0.39, 0.29) is 38.4 Å². The summed E-state index contributed by atoms with van der Waals surface area (Å²) in [4.78, 5) is 19.9. The first-order chi connectivity index (χ1) is 11.5. The minimum absolute atomic E-state index is 0.0437. The van der Waals surface area contributed by atoms with Crippen LogP contribution >= 0.6 is 0 Å². The monoisotopic (exact) mass is 336 g/mol. The molecule has 8 heteroatoms. The molecule has 6 nitrogen and oxygen atoms in total. The number of rotatable bonds is 2. The van der Waals surface area contributed by atoms with Gasteiger partial charge in [-0.05, 0) is 12.1 Å². The topological polar surface area (TPSA) is 69.5 Å². The van der Waals surface area contributed by atoms with Gasteiger partial charge in [0, 0.05) is 38.7 Å². The summed E-state index contributed by atoms with van der Waals surface area (Å²) in [5.41, 5.74) is 0.953. The van der Waals surface area contributed by atoms with Gasteiger partial charge in [-0.15, -0.1) is 0 Å². The van der Waals surface area contributed by atoms with Crippen LogP contribution in [0, 0.1) is 11.3 Å². The number of hydrogen-bond donors (Lipinski definition) is 0. The van der Waals surface area contributed by atoms with Crippen molar-refractivity contribution in [2.24, 2.45) is 0 Å². The smallest absolute Gasteiger partial charge is 0.253 e. The number of alkyl halides is 2. The molecule has 2 fully saturated rings. The minimum atomic E-state index is -2.69. The van der Waals surface area contributed by atoms with Gasteiger partial charge in [0.15, 0.2) is 11.8 Å². The van der Waals surface area contributed by atoms with Crippen LogP contribution in [-0.4, -0.2) is 60.6 Å². The number of carbonyl (C=O) groups is 1. The Bertz CT molecular complexity index is 652. The van der Waals surface area contributed by atoms with Gasteiger partial charge < -0.3 is 14.5 Å². The van der Waals surface area contributed by atoms with Crippen LogP contribution in [0.4, 0.5) is 14.5 Å². The number of halogens is 2. The maximum Gasteiger partial charge on any atom is 0.253 e. The van der Waals surface area contributed by atoms with Crippen molar-refractivity contribution in [3.63, 3.8) is 0 Å². The van der Waals surface area contributed by atoms with Crippen LogP contribution in [0.2, 0.25) is 0 Å². The molecular weight excluding hydrogens is 318 g/mol. The molecule has 3 rings (SSSR count). The molecule has 128 valence electrons. The quantitative estimate of drug-likeness (QED) is 0.817. The number of nitrogens with zero attached hydrogens (tertiary/aromatic N) is 4. The SMILES string of the molecule is N#Cc1ncccc1N1CCOC(C(=O)N2CCC(F)(F)CC2)C1. The maximum atomic E-state index is 13.2. The van der Waals surface area contributed by atoms with E-state index in [1.54, 1.807) is 18.3 Å². The summed E-state index contributed by atoms with van der Waals surface area (Å²) in [6.45, 7) is 1.25. The lowest BCUT2D eigenvalue weighted by molar-refractivity contribution is -0.150. The number of aromatic nitrogens is 1. The summed E-state index contributed by atoms with van der Waals surface area (Å²) >= 11 is 0. The van der Waals surface area contributed by atoms with Crippen molar-refractivity contribution in [2.75, 3.05) is 37.7 Å². The minimum Gasteiger partial charge on any atom is -0.365 e. The highest BCUT2D eigenvalue weighted by Crippen LogP contribution is 2.28. The number of carbonyl (C=O) groups excluding carboxylic acids is 1. The number of nitriles is 1. The second-order valence-corrected chi connectivity index (χ2v) is 5.97. The second-order valence-electron chi connectivity index (χ2n) is 5.97. The van der Waals surface area contributed by atoms with E-state index in [1.165, 1.54) is 4.90 Å².